The summed E-state index contributed by atoms with van der Waals surface area (Å²) in [5.41, 5.74) is -1.10. The van der Waals surface area contributed by atoms with E-state index in [1.165, 1.54) is 26.0 Å². The smallest absolute Gasteiger partial charge is 0.193 e. The summed E-state index contributed by atoms with van der Waals surface area (Å²) in [6.45, 7) is 2.39. The summed E-state index contributed by atoms with van der Waals surface area (Å²) in [6, 6.07) is 6.22. The van der Waals surface area contributed by atoms with Crippen LogP contribution in [0.15, 0.2) is 24.3 Å². The van der Waals surface area contributed by atoms with Crippen molar-refractivity contribution >= 4 is 5.78 Å². The maximum Gasteiger partial charge on any atom is 0.193 e. The van der Waals surface area contributed by atoms with Gasteiger partial charge in [-0.15, -0.1) is 0 Å². The minimum Gasteiger partial charge on any atom is -0.491 e. The van der Waals surface area contributed by atoms with Crippen LogP contribution in [-0.4, -0.2) is 87.4 Å². The fourth-order valence-electron chi connectivity index (χ4n) is 2.58. The van der Waals surface area contributed by atoms with Crippen molar-refractivity contribution in [2.45, 2.75) is 50.2 Å². The molecule has 0 aliphatic carbocycles. The molecule has 0 bridgehead atoms. The number of aliphatic hydroxyl groups is 5. The molecule has 9 nitrogen and oxygen atoms in total. The number of rotatable bonds is 8. The Balaban J connectivity index is 1.80. The van der Waals surface area contributed by atoms with E-state index in [0.717, 1.165) is 0 Å². The highest BCUT2D eigenvalue weighted by atomic mass is 16.7. The quantitative estimate of drug-likeness (QED) is 0.276. The van der Waals surface area contributed by atoms with Crippen LogP contribution >= 0.6 is 0 Å². The minimum absolute atomic E-state index is 0.00699. The Morgan fingerprint density at radius 2 is 1.70 bits per heavy atom. The Labute approximate surface area is 156 Å². The van der Waals surface area contributed by atoms with Crippen molar-refractivity contribution in [3.63, 3.8) is 0 Å². The second-order valence-electron chi connectivity index (χ2n) is 6.83. The second kappa shape index (κ2) is 9.07. The lowest BCUT2D eigenvalue weighted by molar-refractivity contribution is -0.301. The topological polar surface area (TPSA) is 146 Å². The first kappa shape index (κ1) is 21.7. The molecule has 1 aliphatic rings. The number of carbonyl (C=O) groups excluding carboxylic acids is 1. The van der Waals surface area contributed by atoms with Gasteiger partial charge < -0.3 is 39.7 Å². The van der Waals surface area contributed by atoms with Gasteiger partial charge in [0.25, 0.3) is 0 Å². The predicted molar refractivity (Wildman–Crippen MR) is 92.3 cm³/mol. The van der Waals surface area contributed by atoms with Crippen LogP contribution in [0.2, 0.25) is 0 Å². The lowest BCUT2D eigenvalue weighted by Gasteiger charge is -2.39. The van der Waals surface area contributed by atoms with Crippen molar-refractivity contribution in [2.75, 3.05) is 19.8 Å². The third kappa shape index (κ3) is 5.45. The number of ketones is 1. The molecular formula is C18H26O9. The highest BCUT2D eigenvalue weighted by Crippen LogP contribution is 2.22. The molecule has 1 heterocycles. The first-order valence-electron chi connectivity index (χ1n) is 8.57. The third-order valence-electron chi connectivity index (χ3n) is 4.15. The van der Waals surface area contributed by atoms with E-state index in [2.05, 4.69) is 0 Å². The molecule has 1 aromatic carbocycles. The van der Waals surface area contributed by atoms with E-state index in [1.54, 1.807) is 12.1 Å². The summed E-state index contributed by atoms with van der Waals surface area (Å²) >= 11 is 0. The molecule has 5 unspecified atom stereocenters. The van der Waals surface area contributed by atoms with E-state index in [0.29, 0.717) is 11.3 Å². The summed E-state index contributed by atoms with van der Waals surface area (Å²) in [4.78, 5) is 11.9. The molecular weight excluding hydrogens is 360 g/mol. The lowest BCUT2D eigenvalue weighted by Crippen LogP contribution is -2.59. The van der Waals surface area contributed by atoms with Crippen LogP contribution < -0.4 is 4.74 Å². The molecule has 0 radical (unpaired) electrons. The standard InChI is InChI=1S/C18H26O9/c1-18(2,24)16(23)10-3-5-11(6-4-10)25-7-8-26-17-15(22)14(21)13(20)12(9-19)27-17/h3-6,12-15,17,19-22,24H,7-9H2,1-2H3. The fourth-order valence-corrected chi connectivity index (χ4v) is 2.58. The highest BCUT2D eigenvalue weighted by molar-refractivity contribution is 6.01. The van der Waals surface area contributed by atoms with Gasteiger partial charge in [0.05, 0.1) is 13.2 Å². The SMILES string of the molecule is CC(C)(O)C(=O)c1ccc(OCCOC2OC(CO)C(O)C(O)C2O)cc1. The first-order valence-corrected chi connectivity index (χ1v) is 8.57. The van der Waals surface area contributed by atoms with Gasteiger partial charge in [-0.3, -0.25) is 4.79 Å². The number of ether oxygens (including phenoxy) is 3. The predicted octanol–water partition coefficient (Wildman–Crippen LogP) is -1.16. The van der Waals surface area contributed by atoms with E-state index in [1.807, 2.05) is 0 Å². The van der Waals surface area contributed by atoms with Gasteiger partial charge in [-0.05, 0) is 38.1 Å². The molecule has 1 fully saturated rings. The van der Waals surface area contributed by atoms with Crippen molar-refractivity contribution < 1.29 is 44.5 Å². The summed E-state index contributed by atoms with van der Waals surface area (Å²) in [5, 5.41) is 48.1. The molecule has 0 saturated carbocycles. The molecule has 152 valence electrons. The van der Waals surface area contributed by atoms with E-state index in [4.69, 9.17) is 19.3 Å². The van der Waals surface area contributed by atoms with Crippen LogP contribution in [0.4, 0.5) is 0 Å². The van der Waals surface area contributed by atoms with Crippen LogP contribution in [0.25, 0.3) is 0 Å². The monoisotopic (exact) mass is 386 g/mol. The van der Waals surface area contributed by atoms with Crippen molar-refractivity contribution in [2.24, 2.45) is 0 Å². The fraction of sp³-hybridized carbons (Fsp3) is 0.611. The van der Waals surface area contributed by atoms with Gasteiger partial charge in [0.2, 0.25) is 0 Å². The number of aliphatic hydroxyl groups excluding tert-OH is 4. The van der Waals surface area contributed by atoms with Gasteiger partial charge >= 0.3 is 0 Å². The van der Waals surface area contributed by atoms with Crippen molar-refractivity contribution in [1.82, 2.24) is 0 Å². The Bertz CT molecular complexity index is 608. The average molecular weight is 386 g/mol. The number of carbonyl (C=O) groups is 1. The van der Waals surface area contributed by atoms with E-state index < -0.39 is 48.7 Å². The van der Waals surface area contributed by atoms with Crippen LogP contribution in [0.3, 0.4) is 0 Å². The highest BCUT2D eigenvalue weighted by Gasteiger charge is 2.43. The van der Waals surface area contributed by atoms with Crippen LogP contribution in [0, 0.1) is 0 Å². The molecule has 0 aromatic heterocycles. The van der Waals surface area contributed by atoms with Gasteiger partial charge in [0.1, 0.15) is 42.4 Å². The Kier molecular flexibility index (Phi) is 7.29. The second-order valence-corrected chi connectivity index (χ2v) is 6.83. The first-order chi connectivity index (χ1) is 12.6. The largest absolute Gasteiger partial charge is 0.491 e. The van der Waals surface area contributed by atoms with Gasteiger partial charge in [0.15, 0.2) is 12.1 Å². The maximum atomic E-state index is 11.9. The van der Waals surface area contributed by atoms with Crippen molar-refractivity contribution in [1.29, 1.82) is 0 Å². The van der Waals surface area contributed by atoms with Gasteiger partial charge in [0, 0.05) is 5.56 Å². The average Bonchev–Trinajstić information content (AvgIpc) is 2.64. The third-order valence-corrected chi connectivity index (χ3v) is 4.15. The van der Waals surface area contributed by atoms with E-state index >= 15 is 0 Å². The molecule has 1 saturated heterocycles. The normalized spacial score (nSPS) is 28.8. The molecule has 2 rings (SSSR count). The molecule has 5 N–H and O–H groups in total. The minimum atomic E-state index is -1.50. The van der Waals surface area contributed by atoms with Crippen LogP contribution in [-0.2, 0) is 9.47 Å². The van der Waals surface area contributed by atoms with E-state index in [9.17, 15) is 25.2 Å². The Morgan fingerprint density at radius 1 is 1.07 bits per heavy atom. The summed E-state index contributed by atoms with van der Waals surface area (Å²) in [6.07, 6.45) is -6.64. The number of hydrogen-bond donors (Lipinski definition) is 5. The van der Waals surface area contributed by atoms with Crippen LogP contribution in [0.1, 0.15) is 24.2 Å². The van der Waals surface area contributed by atoms with Gasteiger partial charge in [-0.1, -0.05) is 0 Å². The number of benzene rings is 1. The molecule has 27 heavy (non-hydrogen) atoms. The molecule has 0 amide bonds. The summed E-state index contributed by atoms with van der Waals surface area (Å²) in [7, 11) is 0. The van der Waals surface area contributed by atoms with E-state index in [-0.39, 0.29) is 13.2 Å². The summed E-state index contributed by atoms with van der Waals surface area (Å²) in [5.74, 6) is 0.0692. The Morgan fingerprint density at radius 3 is 2.26 bits per heavy atom. The zero-order chi connectivity index (χ0) is 20.2. The molecule has 9 heteroatoms. The molecule has 1 aromatic rings. The maximum absolute atomic E-state index is 11.9. The van der Waals surface area contributed by atoms with Crippen molar-refractivity contribution in [3.05, 3.63) is 29.8 Å². The zero-order valence-electron chi connectivity index (χ0n) is 15.2. The van der Waals surface area contributed by atoms with Gasteiger partial charge in [-0.25, -0.2) is 0 Å². The van der Waals surface area contributed by atoms with Gasteiger partial charge in [-0.2, -0.15) is 0 Å². The van der Waals surface area contributed by atoms with Crippen molar-refractivity contribution in [3.8, 4) is 5.75 Å². The summed E-state index contributed by atoms with van der Waals surface area (Å²) < 4.78 is 16.0. The number of hydrogen-bond acceptors (Lipinski definition) is 9. The molecule has 5 atom stereocenters. The lowest BCUT2D eigenvalue weighted by atomic mass is 9.97. The van der Waals surface area contributed by atoms with Crippen LogP contribution in [0.5, 0.6) is 5.75 Å². The number of Topliss-reactive ketones (excluding diaryl/α,β-unsaturated/α-hetero) is 1. The zero-order valence-corrected chi connectivity index (χ0v) is 15.2. The molecule has 0 spiro atoms. The Hall–Kier alpha value is -1.59. The molecule has 1 aliphatic heterocycles.